The average molecular weight is 313 g/mol. The third-order valence-electron chi connectivity index (χ3n) is 3.00. The van der Waals surface area contributed by atoms with Gasteiger partial charge in [0.05, 0.1) is 19.1 Å². The van der Waals surface area contributed by atoms with Gasteiger partial charge in [-0.15, -0.1) is 0 Å². The molecule has 4 nitrogen and oxygen atoms in total. The van der Waals surface area contributed by atoms with Crippen molar-refractivity contribution in [1.82, 2.24) is 4.90 Å². The number of rotatable bonds is 3. The Morgan fingerprint density at radius 3 is 3.11 bits per heavy atom. The van der Waals surface area contributed by atoms with Crippen molar-refractivity contribution in [2.75, 3.05) is 26.2 Å². The molecule has 1 unspecified atom stereocenters. The Morgan fingerprint density at radius 1 is 1.56 bits per heavy atom. The molecule has 0 radical (unpaired) electrons. The van der Waals surface area contributed by atoms with Gasteiger partial charge in [0.1, 0.15) is 0 Å². The number of nitrogens with two attached hydrogens (primary N) is 1. The summed E-state index contributed by atoms with van der Waals surface area (Å²) in [4.78, 5) is 14.0. The van der Waals surface area contributed by atoms with E-state index in [1.165, 1.54) is 0 Å². The van der Waals surface area contributed by atoms with Crippen molar-refractivity contribution in [3.05, 3.63) is 34.3 Å². The van der Waals surface area contributed by atoms with Crippen LogP contribution in [0.25, 0.3) is 0 Å². The zero-order valence-electron chi connectivity index (χ0n) is 10.1. The van der Waals surface area contributed by atoms with Gasteiger partial charge in [0.25, 0.3) is 0 Å². The predicted molar refractivity (Wildman–Crippen MR) is 73.2 cm³/mol. The maximum atomic E-state index is 12.2. The molecule has 0 aromatic heterocycles. The summed E-state index contributed by atoms with van der Waals surface area (Å²) in [5, 5.41) is 0. The lowest BCUT2D eigenvalue weighted by atomic mass is 10.1. The Balaban J connectivity index is 1.95. The quantitative estimate of drug-likeness (QED) is 0.912. The molecule has 1 atom stereocenters. The lowest BCUT2D eigenvalue weighted by molar-refractivity contribution is -0.137. The molecule has 2 rings (SSSR count). The molecule has 18 heavy (non-hydrogen) atoms. The van der Waals surface area contributed by atoms with E-state index in [-0.39, 0.29) is 12.0 Å². The molecule has 0 bridgehead atoms. The van der Waals surface area contributed by atoms with Gasteiger partial charge in [-0.25, -0.2) is 0 Å². The summed E-state index contributed by atoms with van der Waals surface area (Å²) in [6.45, 7) is 2.29. The largest absolute Gasteiger partial charge is 0.373 e. The smallest absolute Gasteiger partial charge is 0.227 e. The van der Waals surface area contributed by atoms with E-state index >= 15 is 0 Å². The minimum Gasteiger partial charge on any atom is -0.373 e. The molecule has 0 aliphatic carbocycles. The highest BCUT2D eigenvalue weighted by molar-refractivity contribution is 9.10. The molecule has 2 N–H and O–H groups in total. The van der Waals surface area contributed by atoms with Crippen LogP contribution in [-0.4, -0.2) is 43.2 Å². The van der Waals surface area contributed by atoms with Crippen molar-refractivity contribution in [1.29, 1.82) is 0 Å². The lowest BCUT2D eigenvalue weighted by Crippen LogP contribution is -2.48. The van der Waals surface area contributed by atoms with Gasteiger partial charge >= 0.3 is 0 Å². The molecule has 98 valence electrons. The third-order valence-corrected chi connectivity index (χ3v) is 3.49. The Kier molecular flexibility index (Phi) is 4.74. The van der Waals surface area contributed by atoms with Crippen molar-refractivity contribution in [2.45, 2.75) is 12.5 Å². The summed E-state index contributed by atoms with van der Waals surface area (Å²) < 4.78 is 6.45. The first-order valence-corrected chi connectivity index (χ1v) is 6.82. The molecule has 1 saturated heterocycles. The van der Waals surface area contributed by atoms with E-state index in [0.29, 0.717) is 32.7 Å². The van der Waals surface area contributed by atoms with E-state index in [2.05, 4.69) is 15.9 Å². The maximum Gasteiger partial charge on any atom is 0.227 e. The van der Waals surface area contributed by atoms with Crippen LogP contribution in [0.2, 0.25) is 0 Å². The Bertz CT molecular complexity index is 425. The highest BCUT2D eigenvalue weighted by atomic mass is 79.9. The van der Waals surface area contributed by atoms with Gasteiger partial charge in [0, 0.05) is 24.1 Å². The van der Waals surface area contributed by atoms with Gasteiger partial charge in [-0.3, -0.25) is 4.79 Å². The number of benzene rings is 1. The minimum absolute atomic E-state index is 0.0230. The average Bonchev–Trinajstić information content (AvgIpc) is 2.39. The summed E-state index contributed by atoms with van der Waals surface area (Å²) in [6.07, 6.45) is 0.404. The van der Waals surface area contributed by atoms with Crippen LogP contribution in [0.1, 0.15) is 5.56 Å². The summed E-state index contributed by atoms with van der Waals surface area (Å²) in [7, 11) is 0. The first-order valence-electron chi connectivity index (χ1n) is 6.03. The fraction of sp³-hybridized carbons (Fsp3) is 0.462. The van der Waals surface area contributed by atoms with Crippen LogP contribution < -0.4 is 5.73 Å². The zero-order chi connectivity index (χ0) is 13.0. The normalized spacial score (nSPS) is 19.9. The molecule has 5 heteroatoms. The van der Waals surface area contributed by atoms with Gasteiger partial charge in [-0.2, -0.15) is 0 Å². The summed E-state index contributed by atoms with van der Waals surface area (Å²) >= 11 is 3.41. The van der Waals surface area contributed by atoms with Gasteiger partial charge < -0.3 is 15.4 Å². The number of morpholine rings is 1. The number of halogens is 1. The number of ether oxygens (including phenoxy) is 1. The maximum absolute atomic E-state index is 12.2. The van der Waals surface area contributed by atoms with Gasteiger partial charge in [0.15, 0.2) is 0 Å². The van der Waals surface area contributed by atoms with Crippen molar-refractivity contribution >= 4 is 21.8 Å². The van der Waals surface area contributed by atoms with E-state index in [9.17, 15) is 4.79 Å². The molecular formula is C13H17BrN2O2. The van der Waals surface area contributed by atoms with E-state index in [0.717, 1.165) is 10.0 Å². The second-order valence-corrected chi connectivity index (χ2v) is 5.29. The molecule has 0 spiro atoms. The summed E-state index contributed by atoms with van der Waals surface area (Å²) in [5.41, 5.74) is 6.59. The molecule has 1 aliphatic rings. The molecule has 1 aromatic rings. The van der Waals surface area contributed by atoms with Crippen LogP contribution >= 0.6 is 15.9 Å². The minimum atomic E-state index is -0.0230. The van der Waals surface area contributed by atoms with Crippen molar-refractivity contribution in [2.24, 2.45) is 5.73 Å². The number of amides is 1. The summed E-state index contributed by atoms with van der Waals surface area (Å²) in [6, 6.07) is 7.82. The number of hydrogen-bond acceptors (Lipinski definition) is 3. The van der Waals surface area contributed by atoms with Gasteiger partial charge in [0.2, 0.25) is 5.91 Å². The topological polar surface area (TPSA) is 55.6 Å². The molecule has 1 fully saturated rings. The standard InChI is InChI=1S/C13H17BrN2O2/c14-11-3-1-2-10(6-11)7-13(17)16-4-5-18-12(8-15)9-16/h1-3,6,12H,4-5,7-9,15H2. The Hall–Kier alpha value is -0.910. The van der Waals surface area contributed by atoms with Crippen molar-refractivity contribution < 1.29 is 9.53 Å². The van der Waals surface area contributed by atoms with Gasteiger partial charge in [-0.05, 0) is 17.7 Å². The van der Waals surface area contributed by atoms with Crippen LogP contribution in [0.3, 0.4) is 0 Å². The predicted octanol–water partition coefficient (Wildman–Crippen LogP) is 1.18. The molecular weight excluding hydrogens is 296 g/mol. The van der Waals surface area contributed by atoms with Crippen LogP contribution in [-0.2, 0) is 16.0 Å². The van der Waals surface area contributed by atoms with Crippen LogP contribution in [0, 0.1) is 0 Å². The monoisotopic (exact) mass is 312 g/mol. The van der Waals surface area contributed by atoms with Crippen LogP contribution in [0.4, 0.5) is 0 Å². The molecule has 1 amide bonds. The number of carbonyl (C=O) groups excluding carboxylic acids is 1. The van der Waals surface area contributed by atoms with Crippen molar-refractivity contribution in [3.8, 4) is 0 Å². The molecule has 0 saturated carbocycles. The first kappa shape index (κ1) is 13.5. The molecule has 1 heterocycles. The molecule has 1 aromatic carbocycles. The van der Waals surface area contributed by atoms with Crippen molar-refractivity contribution in [3.63, 3.8) is 0 Å². The number of nitrogens with zero attached hydrogens (tertiary/aromatic N) is 1. The number of hydrogen-bond donors (Lipinski definition) is 1. The van der Waals surface area contributed by atoms with Crippen LogP contribution in [0.15, 0.2) is 28.7 Å². The van der Waals surface area contributed by atoms with Gasteiger partial charge in [-0.1, -0.05) is 28.1 Å². The fourth-order valence-corrected chi connectivity index (χ4v) is 2.47. The van der Waals surface area contributed by atoms with E-state index < -0.39 is 0 Å². The number of carbonyl (C=O) groups is 1. The van der Waals surface area contributed by atoms with E-state index in [4.69, 9.17) is 10.5 Å². The Morgan fingerprint density at radius 2 is 2.39 bits per heavy atom. The lowest BCUT2D eigenvalue weighted by Gasteiger charge is -2.32. The zero-order valence-corrected chi connectivity index (χ0v) is 11.7. The molecule has 1 aliphatic heterocycles. The SMILES string of the molecule is NCC1CN(C(=O)Cc2cccc(Br)c2)CCO1. The highest BCUT2D eigenvalue weighted by Crippen LogP contribution is 2.13. The summed E-state index contributed by atoms with van der Waals surface area (Å²) in [5.74, 6) is 0.134. The van der Waals surface area contributed by atoms with E-state index in [1.807, 2.05) is 29.2 Å². The van der Waals surface area contributed by atoms with Crippen LogP contribution in [0.5, 0.6) is 0 Å². The first-order chi connectivity index (χ1) is 8.69. The second kappa shape index (κ2) is 6.31. The van der Waals surface area contributed by atoms with E-state index in [1.54, 1.807) is 0 Å². The highest BCUT2D eigenvalue weighted by Gasteiger charge is 2.23. The fourth-order valence-electron chi connectivity index (χ4n) is 2.02. The second-order valence-electron chi connectivity index (χ2n) is 4.37. The third kappa shape index (κ3) is 3.54. The Labute approximate surface area is 115 Å².